The summed E-state index contributed by atoms with van der Waals surface area (Å²) in [6.07, 6.45) is 0. The van der Waals surface area contributed by atoms with Crippen LogP contribution in [0.3, 0.4) is 0 Å². The molecule has 1 aromatic carbocycles. The highest BCUT2D eigenvalue weighted by molar-refractivity contribution is 7.16. The molecule has 3 rings (SSSR count). The number of thiophene rings is 1. The summed E-state index contributed by atoms with van der Waals surface area (Å²) in [5.41, 5.74) is 3.37. The molecule has 3 aromatic rings. The Kier molecular flexibility index (Phi) is 5.50. The molecule has 0 radical (unpaired) electrons. The third-order valence-electron chi connectivity index (χ3n) is 3.84. The van der Waals surface area contributed by atoms with Gasteiger partial charge in [0.1, 0.15) is 5.75 Å². The van der Waals surface area contributed by atoms with Gasteiger partial charge in [0.15, 0.2) is 6.61 Å². The molecule has 130 valence electrons. The second-order valence-corrected chi connectivity index (χ2v) is 8.06. The molecule has 2 aromatic heterocycles. The fourth-order valence-electron chi connectivity index (χ4n) is 2.28. The van der Waals surface area contributed by atoms with Gasteiger partial charge in [-0.3, -0.25) is 4.79 Å². The van der Waals surface area contributed by atoms with Crippen LogP contribution in [-0.4, -0.2) is 17.5 Å². The standard InChI is InChI=1S/C19H20N2O2S2/c1-12-4-5-15(8-13(12)2)23-10-19(22)20-9-16-6-7-18(25-16)17-11-24-14(3)21-17/h4-8,11H,9-10H2,1-3H3,(H,20,22). The molecule has 0 spiro atoms. The maximum absolute atomic E-state index is 12.0. The number of hydrogen-bond donors (Lipinski definition) is 1. The summed E-state index contributed by atoms with van der Waals surface area (Å²) in [6, 6.07) is 9.91. The molecule has 0 bridgehead atoms. The van der Waals surface area contributed by atoms with E-state index in [4.69, 9.17) is 4.74 Å². The van der Waals surface area contributed by atoms with Gasteiger partial charge in [-0.05, 0) is 56.2 Å². The van der Waals surface area contributed by atoms with E-state index in [1.54, 1.807) is 22.7 Å². The fourth-order valence-corrected chi connectivity index (χ4v) is 3.87. The minimum Gasteiger partial charge on any atom is -0.484 e. The molecule has 6 heteroatoms. The van der Waals surface area contributed by atoms with Gasteiger partial charge in [-0.1, -0.05) is 6.07 Å². The summed E-state index contributed by atoms with van der Waals surface area (Å²) in [4.78, 5) is 18.7. The van der Waals surface area contributed by atoms with Crippen LogP contribution in [0.5, 0.6) is 5.75 Å². The first kappa shape index (κ1) is 17.6. The van der Waals surface area contributed by atoms with E-state index in [-0.39, 0.29) is 12.5 Å². The Hall–Kier alpha value is -2.18. The zero-order valence-corrected chi connectivity index (χ0v) is 16.1. The van der Waals surface area contributed by atoms with Crippen LogP contribution in [0.2, 0.25) is 0 Å². The molecular formula is C19H20N2O2S2. The first-order chi connectivity index (χ1) is 12.0. The predicted molar refractivity (Wildman–Crippen MR) is 103 cm³/mol. The molecule has 0 fully saturated rings. The minimum atomic E-state index is -0.127. The van der Waals surface area contributed by atoms with Crippen LogP contribution in [0.4, 0.5) is 0 Å². The van der Waals surface area contributed by atoms with Gasteiger partial charge in [0.25, 0.3) is 5.91 Å². The smallest absolute Gasteiger partial charge is 0.258 e. The lowest BCUT2D eigenvalue weighted by molar-refractivity contribution is -0.123. The molecular weight excluding hydrogens is 352 g/mol. The van der Waals surface area contributed by atoms with E-state index >= 15 is 0 Å². The molecule has 0 saturated carbocycles. The van der Waals surface area contributed by atoms with Crippen molar-refractivity contribution >= 4 is 28.6 Å². The molecule has 0 aliphatic carbocycles. The van der Waals surface area contributed by atoms with E-state index in [9.17, 15) is 4.79 Å². The Labute approximate surface area is 155 Å². The molecule has 25 heavy (non-hydrogen) atoms. The van der Waals surface area contributed by atoms with E-state index in [2.05, 4.69) is 15.7 Å². The monoisotopic (exact) mass is 372 g/mol. The molecule has 0 atom stereocenters. The second-order valence-electron chi connectivity index (χ2n) is 5.83. The molecule has 1 N–H and O–H groups in total. The minimum absolute atomic E-state index is 0.0199. The van der Waals surface area contributed by atoms with E-state index in [1.807, 2.05) is 51.1 Å². The number of benzene rings is 1. The number of nitrogens with zero attached hydrogens (tertiary/aromatic N) is 1. The lowest BCUT2D eigenvalue weighted by Gasteiger charge is -2.08. The Balaban J connectivity index is 1.49. The van der Waals surface area contributed by atoms with Crippen molar-refractivity contribution in [1.29, 1.82) is 0 Å². The third kappa shape index (κ3) is 4.67. The maximum Gasteiger partial charge on any atom is 0.258 e. The molecule has 1 amide bonds. The number of ether oxygens (including phenoxy) is 1. The van der Waals surface area contributed by atoms with E-state index in [0.717, 1.165) is 31.8 Å². The summed E-state index contributed by atoms with van der Waals surface area (Å²) < 4.78 is 5.55. The van der Waals surface area contributed by atoms with Crippen molar-refractivity contribution in [2.45, 2.75) is 27.3 Å². The van der Waals surface area contributed by atoms with Crippen LogP contribution in [0.15, 0.2) is 35.7 Å². The quantitative estimate of drug-likeness (QED) is 0.693. The summed E-state index contributed by atoms with van der Waals surface area (Å²) in [7, 11) is 0. The molecule has 0 aliphatic rings. The zero-order chi connectivity index (χ0) is 17.8. The number of aryl methyl sites for hydroxylation is 3. The van der Waals surface area contributed by atoms with Gasteiger partial charge in [-0.2, -0.15) is 0 Å². The van der Waals surface area contributed by atoms with Gasteiger partial charge < -0.3 is 10.1 Å². The lowest BCUT2D eigenvalue weighted by atomic mass is 10.1. The zero-order valence-electron chi connectivity index (χ0n) is 14.5. The van der Waals surface area contributed by atoms with Gasteiger partial charge in [0.05, 0.1) is 22.1 Å². The topological polar surface area (TPSA) is 51.2 Å². The third-order valence-corrected chi connectivity index (χ3v) is 5.72. The number of nitrogens with one attached hydrogen (secondary N) is 1. The van der Waals surface area contributed by atoms with Gasteiger partial charge in [-0.25, -0.2) is 4.98 Å². The van der Waals surface area contributed by atoms with Crippen molar-refractivity contribution in [3.63, 3.8) is 0 Å². The SMILES string of the molecule is Cc1nc(-c2ccc(CNC(=O)COc3ccc(C)c(C)c3)s2)cs1. The summed E-state index contributed by atoms with van der Waals surface area (Å²) >= 11 is 3.29. The van der Waals surface area contributed by atoms with E-state index < -0.39 is 0 Å². The number of carbonyl (C=O) groups is 1. The average Bonchev–Trinajstić information content (AvgIpc) is 3.23. The van der Waals surface area contributed by atoms with Crippen molar-refractivity contribution in [3.8, 4) is 16.3 Å². The highest BCUT2D eigenvalue weighted by Gasteiger charge is 2.08. The Morgan fingerprint density at radius 2 is 2.00 bits per heavy atom. The average molecular weight is 373 g/mol. The van der Waals surface area contributed by atoms with Gasteiger partial charge in [0.2, 0.25) is 0 Å². The van der Waals surface area contributed by atoms with Crippen molar-refractivity contribution in [3.05, 3.63) is 56.7 Å². The van der Waals surface area contributed by atoms with Gasteiger partial charge in [-0.15, -0.1) is 22.7 Å². The van der Waals surface area contributed by atoms with Crippen molar-refractivity contribution in [2.75, 3.05) is 6.61 Å². The van der Waals surface area contributed by atoms with Gasteiger partial charge in [0, 0.05) is 10.3 Å². The normalized spacial score (nSPS) is 10.7. The summed E-state index contributed by atoms with van der Waals surface area (Å²) in [6.45, 7) is 6.60. The predicted octanol–water partition coefficient (Wildman–Crippen LogP) is 4.49. The highest BCUT2D eigenvalue weighted by Crippen LogP contribution is 2.28. The number of thiazole rings is 1. The van der Waals surface area contributed by atoms with Crippen LogP contribution >= 0.6 is 22.7 Å². The van der Waals surface area contributed by atoms with E-state index in [0.29, 0.717) is 6.54 Å². The van der Waals surface area contributed by atoms with Crippen LogP contribution in [0.25, 0.3) is 10.6 Å². The number of hydrogen-bond acceptors (Lipinski definition) is 5. The van der Waals surface area contributed by atoms with Crippen molar-refractivity contribution in [1.82, 2.24) is 10.3 Å². The summed E-state index contributed by atoms with van der Waals surface area (Å²) in [5.74, 6) is 0.591. The molecule has 0 unspecified atom stereocenters. The Morgan fingerprint density at radius 3 is 2.72 bits per heavy atom. The summed E-state index contributed by atoms with van der Waals surface area (Å²) in [5, 5.41) is 6.01. The Bertz CT molecular complexity index is 883. The fraction of sp³-hybridized carbons (Fsp3) is 0.263. The molecule has 4 nitrogen and oxygen atoms in total. The first-order valence-electron chi connectivity index (χ1n) is 7.99. The number of amides is 1. The highest BCUT2D eigenvalue weighted by atomic mass is 32.1. The lowest BCUT2D eigenvalue weighted by Crippen LogP contribution is -2.28. The molecule has 0 aliphatic heterocycles. The maximum atomic E-state index is 12.0. The van der Waals surface area contributed by atoms with Crippen LogP contribution in [0.1, 0.15) is 21.0 Å². The largest absolute Gasteiger partial charge is 0.484 e. The second kappa shape index (κ2) is 7.80. The van der Waals surface area contributed by atoms with Crippen LogP contribution in [0, 0.1) is 20.8 Å². The molecule has 0 saturated heterocycles. The van der Waals surface area contributed by atoms with Crippen molar-refractivity contribution < 1.29 is 9.53 Å². The van der Waals surface area contributed by atoms with Crippen LogP contribution < -0.4 is 10.1 Å². The molecule has 2 heterocycles. The van der Waals surface area contributed by atoms with E-state index in [1.165, 1.54) is 5.56 Å². The van der Waals surface area contributed by atoms with Gasteiger partial charge >= 0.3 is 0 Å². The van der Waals surface area contributed by atoms with Crippen molar-refractivity contribution in [2.24, 2.45) is 0 Å². The van der Waals surface area contributed by atoms with Crippen LogP contribution in [-0.2, 0) is 11.3 Å². The number of carbonyl (C=O) groups excluding carboxylic acids is 1. The Morgan fingerprint density at radius 1 is 1.16 bits per heavy atom. The number of rotatable bonds is 6. The number of aromatic nitrogens is 1. The first-order valence-corrected chi connectivity index (χ1v) is 9.69.